The molecule has 1 aliphatic carbocycles. The van der Waals surface area contributed by atoms with Crippen LogP contribution in [0, 0.1) is 5.92 Å². The van der Waals surface area contributed by atoms with E-state index in [2.05, 4.69) is 20.8 Å². The number of aromatic amines is 1. The number of amides is 2. The summed E-state index contributed by atoms with van der Waals surface area (Å²) in [6.45, 7) is 1.87. The number of carbonyl (C=O) groups excluding carboxylic acids is 1. The molecule has 1 aromatic heterocycles. The average molecular weight is 463 g/mol. The molecule has 2 aromatic rings. The molecule has 1 aromatic carbocycles. The summed E-state index contributed by atoms with van der Waals surface area (Å²) in [5.74, 6) is 0.951. The van der Waals surface area contributed by atoms with E-state index < -0.39 is 15.9 Å². The van der Waals surface area contributed by atoms with E-state index in [1.807, 2.05) is 13.0 Å². The topological polar surface area (TPSA) is 141 Å². The van der Waals surface area contributed by atoms with Gasteiger partial charge in [-0.3, -0.25) is 9.89 Å². The van der Waals surface area contributed by atoms with Crippen molar-refractivity contribution < 1.29 is 23.1 Å². The molecule has 4 N–H and O–H groups in total. The lowest BCUT2D eigenvalue weighted by Crippen LogP contribution is -2.31. The summed E-state index contributed by atoms with van der Waals surface area (Å²) in [7, 11) is -3.42. The van der Waals surface area contributed by atoms with E-state index in [-0.39, 0.29) is 23.3 Å². The molecule has 0 spiro atoms. The zero-order valence-electron chi connectivity index (χ0n) is 18.3. The Kier molecular flexibility index (Phi) is 7.55. The minimum atomic E-state index is -3.42. The first kappa shape index (κ1) is 23.8. The van der Waals surface area contributed by atoms with Gasteiger partial charge in [0.2, 0.25) is 5.91 Å². The molecule has 9 nitrogen and oxygen atoms in total. The molecule has 0 aliphatic heterocycles. The van der Waals surface area contributed by atoms with Crippen molar-refractivity contribution in [3.8, 4) is 0 Å². The first-order valence-corrected chi connectivity index (χ1v) is 12.6. The van der Waals surface area contributed by atoms with Gasteiger partial charge >= 0.3 is 6.09 Å². The van der Waals surface area contributed by atoms with Crippen molar-refractivity contribution >= 4 is 27.7 Å². The van der Waals surface area contributed by atoms with Crippen LogP contribution < -0.4 is 10.6 Å². The molecule has 174 valence electrons. The summed E-state index contributed by atoms with van der Waals surface area (Å²) in [6.07, 6.45) is 4.95. The van der Waals surface area contributed by atoms with E-state index in [9.17, 15) is 18.0 Å². The van der Waals surface area contributed by atoms with Crippen LogP contribution in [0.25, 0.3) is 0 Å². The van der Waals surface area contributed by atoms with Gasteiger partial charge in [-0.15, -0.1) is 0 Å². The largest absolute Gasteiger partial charge is 0.465 e. The fraction of sp³-hybridized carbons (Fsp3) is 0.500. The maximum absolute atomic E-state index is 12.5. The van der Waals surface area contributed by atoms with E-state index in [1.165, 1.54) is 6.07 Å². The summed E-state index contributed by atoms with van der Waals surface area (Å²) in [6, 6.07) is 8.25. The smallest absolute Gasteiger partial charge is 0.404 e. The number of anilines is 1. The van der Waals surface area contributed by atoms with E-state index in [1.54, 1.807) is 18.2 Å². The highest BCUT2D eigenvalue weighted by Gasteiger charge is 2.27. The summed E-state index contributed by atoms with van der Waals surface area (Å²) < 4.78 is 23.8. The molecule has 1 heterocycles. The Morgan fingerprint density at radius 2 is 2.03 bits per heavy atom. The summed E-state index contributed by atoms with van der Waals surface area (Å²) in [4.78, 5) is 23.3. The third-order valence-electron chi connectivity index (χ3n) is 5.95. The monoisotopic (exact) mass is 462 g/mol. The van der Waals surface area contributed by atoms with E-state index in [0.717, 1.165) is 44.1 Å². The first-order chi connectivity index (χ1) is 15.1. The highest BCUT2D eigenvalue weighted by molar-refractivity contribution is 7.90. The Morgan fingerprint density at radius 3 is 2.75 bits per heavy atom. The quantitative estimate of drug-likeness (QED) is 0.450. The third-order valence-corrected chi connectivity index (χ3v) is 7.14. The summed E-state index contributed by atoms with van der Waals surface area (Å²) in [5.41, 5.74) is 1.42. The average Bonchev–Trinajstić information content (AvgIpc) is 3.34. The number of rotatable bonds is 9. The van der Waals surface area contributed by atoms with Crippen molar-refractivity contribution in [2.75, 3.05) is 11.6 Å². The molecule has 0 saturated heterocycles. The fourth-order valence-electron chi connectivity index (χ4n) is 4.37. The number of hydrogen-bond acceptors (Lipinski definition) is 5. The standard InChI is InChI=1S/C22H30N4O5S/c1-14(23-22(28)29)7-8-15-9-10-16(11-15)18-13-20(26-25-18)24-21(27)12-17-5-3-4-6-19(17)32(2,30)31/h3-6,13-16,23H,7-12H2,1-2H3,(H,28,29)(H2,24,25,26,27)/t14-,15?,16?/m0/s1. The SMILES string of the molecule is C[C@@H](CCC1CCC(c2cc(NC(=O)Cc3ccccc3S(C)(=O)=O)n[nH]2)C1)NC(=O)O. The van der Waals surface area contributed by atoms with Gasteiger partial charge in [-0.05, 0) is 56.6 Å². The van der Waals surface area contributed by atoms with Crippen LogP contribution in [-0.2, 0) is 21.1 Å². The number of carbonyl (C=O) groups is 2. The number of H-pyrrole nitrogens is 1. The molecule has 1 aliphatic rings. The van der Waals surface area contributed by atoms with Crippen LogP contribution in [0.15, 0.2) is 35.2 Å². The van der Waals surface area contributed by atoms with Crippen molar-refractivity contribution in [1.29, 1.82) is 0 Å². The van der Waals surface area contributed by atoms with Gasteiger partial charge in [0.05, 0.1) is 11.3 Å². The van der Waals surface area contributed by atoms with Gasteiger partial charge in [0.25, 0.3) is 0 Å². The van der Waals surface area contributed by atoms with E-state index >= 15 is 0 Å². The Balaban J connectivity index is 1.52. The van der Waals surface area contributed by atoms with Crippen LogP contribution in [0.4, 0.5) is 10.6 Å². The molecule has 0 radical (unpaired) electrons. The van der Waals surface area contributed by atoms with Crippen LogP contribution in [-0.4, -0.2) is 48.0 Å². The number of benzene rings is 1. The summed E-state index contributed by atoms with van der Waals surface area (Å²) in [5, 5.41) is 21.2. The number of aromatic nitrogens is 2. The van der Waals surface area contributed by atoms with Gasteiger partial charge in [0.1, 0.15) is 0 Å². The molecule has 1 fully saturated rings. The maximum Gasteiger partial charge on any atom is 0.404 e. The zero-order valence-corrected chi connectivity index (χ0v) is 19.1. The fourth-order valence-corrected chi connectivity index (χ4v) is 5.31. The predicted molar refractivity (Wildman–Crippen MR) is 120 cm³/mol. The number of carboxylic acid groups (broad SMARTS) is 1. The lowest BCUT2D eigenvalue weighted by atomic mass is 9.96. The normalized spacial score (nSPS) is 19.4. The van der Waals surface area contributed by atoms with Crippen molar-refractivity contribution in [2.45, 2.75) is 62.3 Å². The van der Waals surface area contributed by atoms with Crippen LogP contribution in [0.1, 0.15) is 56.2 Å². The zero-order chi connectivity index (χ0) is 23.3. The highest BCUT2D eigenvalue weighted by Crippen LogP contribution is 2.40. The minimum absolute atomic E-state index is 0.0560. The molecule has 2 unspecified atom stereocenters. The Bertz CT molecular complexity index is 1070. The van der Waals surface area contributed by atoms with Gasteiger partial charge in [-0.2, -0.15) is 5.10 Å². The number of nitrogens with zero attached hydrogens (tertiary/aromatic N) is 1. The lowest BCUT2D eigenvalue weighted by molar-refractivity contribution is -0.115. The Morgan fingerprint density at radius 1 is 1.28 bits per heavy atom. The van der Waals surface area contributed by atoms with Crippen molar-refractivity contribution in [2.24, 2.45) is 5.92 Å². The second-order valence-corrected chi connectivity index (χ2v) is 10.6. The molecule has 3 atom stereocenters. The maximum atomic E-state index is 12.5. The Hall–Kier alpha value is -2.88. The lowest BCUT2D eigenvalue weighted by Gasteiger charge is -2.14. The van der Waals surface area contributed by atoms with Gasteiger partial charge < -0.3 is 15.7 Å². The van der Waals surface area contributed by atoms with Crippen LogP contribution in [0.2, 0.25) is 0 Å². The minimum Gasteiger partial charge on any atom is -0.465 e. The van der Waals surface area contributed by atoms with E-state index in [4.69, 9.17) is 5.11 Å². The first-order valence-electron chi connectivity index (χ1n) is 10.7. The number of hydrogen-bond donors (Lipinski definition) is 4. The molecule has 32 heavy (non-hydrogen) atoms. The van der Waals surface area contributed by atoms with Gasteiger partial charge in [0.15, 0.2) is 15.7 Å². The molecule has 0 bridgehead atoms. The molecule has 2 amide bonds. The summed E-state index contributed by atoms with van der Waals surface area (Å²) >= 11 is 0. The van der Waals surface area contributed by atoms with Gasteiger partial charge in [-0.25, -0.2) is 13.2 Å². The number of nitrogens with one attached hydrogen (secondary N) is 3. The molecule has 1 saturated carbocycles. The molecule has 3 rings (SSSR count). The predicted octanol–water partition coefficient (Wildman–Crippen LogP) is 3.31. The molecular formula is C22H30N4O5S. The number of sulfone groups is 1. The van der Waals surface area contributed by atoms with Crippen molar-refractivity contribution in [3.05, 3.63) is 41.6 Å². The van der Waals surface area contributed by atoms with Crippen molar-refractivity contribution in [3.63, 3.8) is 0 Å². The van der Waals surface area contributed by atoms with E-state index in [0.29, 0.717) is 23.2 Å². The third kappa shape index (κ3) is 6.56. The van der Waals surface area contributed by atoms with Crippen molar-refractivity contribution in [1.82, 2.24) is 15.5 Å². The van der Waals surface area contributed by atoms with Crippen LogP contribution in [0.3, 0.4) is 0 Å². The second kappa shape index (κ2) is 10.2. The van der Waals surface area contributed by atoms with Crippen LogP contribution >= 0.6 is 0 Å². The highest BCUT2D eigenvalue weighted by atomic mass is 32.2. The van der Waals surface area contributed by atoms with Gasteiger partial charge in [0, 0.05) is 30.0 Å². The van der Waals surface area contributed by atoms with Crippen LogP contribution in [0.5, 0.6) is 0 Å². The molecular weight excluding hydrogens is 432 g/mol. The van der Waals surface area contributed by atoms with Gasteiger partial charge in [-0.1, -0.05) is 18.2 Å². The second-order valence-electron chi connectivity index (χ2n) is 8.62. The Labute approximate surface area is 187 Å². The molecule has 10 heteroatoms.